The van der Waals surface area contributed by atoms with Crippen molar-refractivity contribution in [2.75, 3.05) is 20.3 Å². The molecule has 0 aromatic heterocycles. The highest BCUT2D eigenvalue weighted by Crippen LogP contribution is 2.37. The van der Waals surface area contributed by atoms with Gasteiger partial charge in [0.1, 0.15) is 36.6 Å². The first-order valence-electron chi connectivity index (χ1n) is 20.6. The third-order valence-electron chi connectivity index (χ3n) is 10.1. The first-order valence-corrected chi connectivity index (χ1v) is 20.6. The molecule has 14 nitrogen and oxygen atoms in total. The largest absolute Gasteiger partial charge is 0.466 e. The number of ether oxygens (including phenoxy) is 11. The van der Waals surface area contributed by atoms with Crippen molar-refractivity contribution in [3.05, 3.63) is 144 Å². The van der Waals surface area contributed by atoms with Gasteiger partial charge in [-0.1, -0.05) is 121 Å². The minimum atomic E-state index is -1.54. The van der Waals surface area contributed by atoms with Gasteiger partial charge >= 0.3 is 17.9 Å². The fraction of sp³-hybridized carbons (Fsp3) is 0.438. The number of esters is 3. The smallest absolute Gasteiger partial charge is 0.350 e. The fourth-order valence-electron chi connectivity index (χ4n) is 7.36. The van der Waals surface area contributed by atoms with Gasteiger partial charge in [-0.05, 0) is 36.1 Å². The Morgan fingerprint density at radius 1 is 0.613 bits per heavy atom. The van der Waals surface area contributed by atoms with Crippen molar-refractivity contribution in [1.82, 2.24) is 0 Å². The van der Waals surface area contributed by atoms with Crippen LogP contribution in [0.4, 0.5) is 0 Å². The van der Waals surface area contributed by atoms with Crippen molar-refractivity contribution in [2.24, 2.45) is 0 Å². The molecule has 62 heavy (non-hydrogen) atoms. The van der Waals surface area contributed by atoms with Gasteiger partial charge in [0, 0.05) is 13.8 Å². The van der Waals surface area contributed by atoms with Gasteiger partial charge in [-0.2, -0.15) is 0 Å². The van der Waals surface area contributed by atoms with Crippen LogP contribution < -0.4 is 0 Å². The maximum absolute atomic E-state index is 13.2. The summed E-state index contributed by atoms with van der Waals surface area (Å²) in [5.74, 6) is -3.53. The van der Waals surface area contributed by atoms with E-state index < -0.39 is 78.8 Å². The molecule has 2 saturated heterocycles. The molecule has 0 spiro atoms. The fourth-order valence-corrected chi connectivity index (χ4v) is 7.36. The van der Waals surface area contributed by atoms with Crippen LogP contribution in [0.1, 0.15) is 49.9 Å². The summed E-state index contributed by atoms with van der Waals surface area (Å²) in [4.78, 5) is 38.6. The van der Waals surface area contributed by atoms with Crippen molar-refractivity contribution >= 4 is 17.9 Å². The zero-order valence-electron chi connectivity index (χ0n) is 35.7. The second-order valence-corrected chi connectivity index (χ2v) is 15.4. The van der Waals surface area contributed by atoms with Crippen molar-refractivity contribution in [1.29, 1.82) is 0 Å². The normalized spacial score (nSPS) is 24.1. The van der Waals surface area contributed by atoms with Crippen LogP contribution in [0, 0.1) is 0 Å². The van der Waals surface area contributed by atoms with Gasteiger partial charge in [0.15, 0.2) is 18.2 Å². The summed E-state index contributed by atoms with van der Waals surface area (Å²) in [6.45, 7) is 6.41. The van der Waals surface area contributed by atoms with Crippen molar-refractivity contribution in [3.8, 4) is 0 Å². The van der Waals surface area contributed by atoms with Gasteiger partial charge in [-0.3, -0.25) is 9.59 Å². The minimum Gasteiger partial charge on any atom is -0.466 e. The SMILES string of the molecule is COC(=O)[C@H](OC(C)=O)[C@H]1OC(C)(C)O[C@@H]1C(COCc1ccccc1)O[C@@H]1O[C@H](COCc2ccccc2)[C@@H](OCc2ccccc2)[C@H](OCc2ccccc2)[C@@H]1OC(C)=O. The van der Waals surface area contributed by atoms with E-state index in [1.54, 1.807) is 13.8 Å². The third-order valence-corrected chi connectivity index (χ3v) is 10.1. The standard InChI is InChI=1S/C48H56O14/c1-32(49)57-44(46(51)52-5)43-41(61-48(3,4)62-43)39(31-54-27-35-20-12-7-13-21-35)60-47-45(58-33(2)50)42(56-29-37-24-16-9-17-25-37)40(55-28-36-22-14-8-15-23-36)38(59-47)30-53-26-34-18-10-6-11-19-34/h6-25,38-45,47H,26-31H2,1-5H3/t38-,39?,40-,41-,42+,43+,44-,45+,47+/m1/s1. The Kier molecular flexibility index (Phi) is 17.2. The maximum atomic E-state index is 13.2. The number of carbonyl (C=O) groups is 3. The molecule has 2 aliphatic rings. The first kappa shape index (κ1) is 46.5. The molecule has 1 unspecified atom stereocenters. The lowest BCUT2D eigenvalue weighted by molar-refractivity contribution is -0.337. The zero-order valence-corrected chi connectivity index (χ0v) is 35.7. The molecular formula is C48H56O14. The Morgan fingerprint density at radius 2 is 1.10 bits per heavy atom. The molecule has 0 saturated carbocycles. The van der Waals surface area contributed by atoms with E-state index in [-0.39, 0.29) is 39.6 Å². The summed E-state index contributed by atoms with van der Waals surface area (Å²) in [5, 5.41) is 0. The summed E-state index contributed by atoms with van der Waals surface area (Å²) in [5.41, 5.74) is 3.60. The average Bonchev–Trinajstić information content (AvgIpc) is 3.60. The van der Waals surface area contributed by atoms with E-state index >= 15 is 0 Å². The van der Waals surface area contributed by atoms with Crippen LogP contribution in [0.2, 0.25) is 0 Å². The Morgan fingerprint density at radius 3 is 1.60 bits per heavy atom. The monoisotopic (exact) mass is 856 g/mol. The van der Waals surface area contributed by atoms with Crippen LogP contribution in [0.25, 0.3) is 0 Å². The number of hydrogen-bond donors (Lipinski definition) is 0. The summed E-state index contributed by atoms with van der Waals surface area (Å²) in [7, 11) is 1.18. The van der Waals surface area contributed by atoms with Crippen molar-refractivity contribution in [3.63, 3.8) is 0 Å². The van der Waals surface area contributed by atoms with Crippen LogP contribution in [0.3, 0.4) is 0 Å². The van der Waals surface area contributed by atoms with Crippen LogP contribution in [-0.2, 0) is 92.9 Å². The zero-order chi connectivity index (χ0) is 43.9. The van der Waals surface area contributed by atoms with Gasteiger partial charge in [0.05, 0.1) is 46.8 Å². The van der Waals surface area contributed by atoms with Gasteiger partial charge in [0.2, 0.25) is 6.10 Å². The van der Waals surface area contributed by atoms with E-state index in [4.69, 9.17) is 52.1 Å². The van der Waals surface area contributed by atoms with E-state index in [0.29, 0.717) is 0 Å². The van der Waals surface area contributed by atoms with E-state index in [2.05, 4.69) is 0 Å². The molecule has 4 aromatic rings. The Balaban J connectivity index is 1.38. The van der Waals surface area contributed by atoms with Crippen LogP contribution in [0.5, 0.6) is 0 Å². The average molecular weight is 857 g/mol. The summed E-state index contributed by atoms with van der Waals surface area (Å²) in [6.07, 6.45) is -10.3. The molecule has 332 valence electrons. The topological polar surface area (TPSA) is 153 Å². The first-order chi connectivity index (χ1) is 30.0. The van der Waals surface area contributed by atoms with Crippen molar-refractivity contribution < 1.29 is 66.5 Å². The second kappa shape index (κ2) is 22.9. The lowest BCUT2D eigenvalue weighted by Gasteiger charge is -2.46. The van der Waals surface area contributed by atoms with Crippen LogP contribution in [-0.4, -0.2) is 99.1 Å². The molecule has 4 aromatic carbocycles. The molecule has 14 heteroatoms. The molecule has 0 radical (unpaired) electrons. The second-order valence-electron chi connectivity index (χ2n) is 15.4. The summed E-state index contributed by atoms with van der Waals surface area (Å²) >= 11 is 0. The van der Waals surface area contributed by atoms with Gasteiger partial charge < -0.3 is 52.1 Å². The predicted molar refractivity (Wildman–Crippen MR) is 223 cm³/mol. The number of methoxy groups -OCH3 is 1. The van der Waals surface area contributed by atoms with E-state index in [1.807, 2.05) is 121 Å². The highest BCUT2D eigenvalue weighted by Gasteiger charge is 2.56. The van der Waals surface area contributed by atoms with E-state index in [9.17, 15) is 14.4 Å². The highest BCUT2D eigenvalue weighted by molar-refractivity contribution is 5.79. The lowest BCUT2D eigenvalue weighted by atomic mass is 9.97. The van der Waals surface area contributed by atoms with Gasteiger partial charge in [0.25, 0.3) is 0 Å². The molecule has 0 bridgehead atoms. The molecule has 2 fully saturated rings. The predicted octanol–water partition coefficient (Wildman–Crippen LogP) is 6.26. The Bertz CT molecular complexity index is 1970. The van der Waals surface area contributed by atoms with Crippen LogP contribution in [0.15, 0.2) is 121 Å². The molecule has 2 aliphatic heterocycles. The maximum Gasteiger partial charge on any atom is 0.350 e. The molecule has 9 atom stereocenters. The molecule has 0 N–H and O–H groups in total. The van der Waals surface area contributed by atoms with Crippen molar-refractivity contribution in [2.45, 2.75) is 115 Å². The Labute approximate surface area is 362 Å². The number of benzene rings is 4. The minimum absolute atomic E-state index is 0.0247. The van der Waals surface area contributed by atoms with Gasteiger partial charge in [-0.25, -0.2) is 4.79 Å². The summed E-state index contributed by atoms with van der Waals surface area (Å²) in [6, 6.07) is 38.4. The Hall–Kier alpha value is -5.03. The van der Waals surface area contributed by atoms with E-state index in [0.717, 1.165) is 22.3 Å². The van der Waals surface area contributed by atoms with Crippen LogP contribution >= 0.6 is 0 Å². The molecule has 6 rings (SSSR count). The molecule has 0 amide bonds. The summed E-state index contributed by atoms with van der Waals surface area (Å²) < 4.78 is 69.0. The van der Waals surface area contributed by atoms with Gasteiger partial charge in [-0.15, -0.1) is 0 Å². The highest BCUT2D eigenvalue weighted by atomic mass is 16.8. The van der Waals surface area contributed by atoms with E-state index in [1.165, 1.54) is 21.0 Å². The number of rotatable bonds is 21. The molecule has 0 aliphatic carbocycles. The third kappa shape index (κ3) is 13.5. The lowest BCUT2D eigenvalue weighted by Crippen LogP contribution is -2.63. The quantitative estimate of drug-likeness (QED) is 0.0685. The molecular weight excluding hydrogens is 801 g/mol. The number of carbonyl (C=O) groups excluding carboxylic acids is 3. The molecule has 2 heterocycles. The number of hydrogen-bond acceptors (Lipinski definition) is 14.